The number of nitrogens with one attached hydrogen (secondary N) is 1. The summed E-state index contributed by atoms with van der Waals surface area (Å²) in [5.74, 6) is 0.444. The average Bonchev–Trinajstić information content (AvgIpc) is 3.18. The number of aromatic nitrogens is 2. The number of hydrogen-bond donors (Lipinski definition) is 1. The number of benzene rings is 2. The van der Waals surface area contributed by atoms with Crippen LogP contribution in [-0.4, -0.2) is 35.2 Å². The first-order valence-corrected chi connectivity index (χ1v) is 10.1. The molecule has 29 heavy (non-hydrogen) atoms. The molecule has 1 aliphatic heterocycles. The van der Waals surface area contributed by atoms with Crippen LogP contribution in [-0.2, 0) is 9.59 Å². The number of carbonyl (C=O) groups is 2. The third-order valence-electron chi connectivity index (χ3n) is 4.61. The number of rotatable bonds is 5. The van der Waals surface area contributed by atoms with Gasteiger partial charge >= 0.3 is 0 Å². The van der Waals surface area contributed by atoms with E-state index >= 15 is 0 Å². The summed E-state index contributed by atoms with van der Waals surface area (Å²) in [7, 11) is 0. The molecule has 4 rings (SSSR count). The van der Waals surface area contributed by atoms with Crippen molar-refractivity contribution in [1.29, 1.82) is 0 Å². The highest BCUT2D eigenvalue weighted by Crippen LogP contribution is 2.31. The minimum absolute atomic E-state index is 0.0837. The molecule has 1 aliphatic rings. The monoisotopic (exact) mass is 408 g/mol. The molecule has 2 heterocycles. The summed E-state index contributed by atoms with van der Waals surface area (Å²) in [4.78, 5) is 26.1. The first-order valence-electron chi connectivity index (χ1n) is 9.27. The molecule has 0 atom stereocenters. The molecule has 0 unspecified atom stereocenters. The largest absolute Gasteiger partial charge is 0.482 e. The summed E-state index contributed by atoms with van der Waals surface area (Å²) in [6.07, 6.45) is 0. The summed E-state index contributed by atoms with van der Waals surface area (Å²) in [6.45, 7) is 4.09. The van der Waals surface area contributed by atoms with E-state index < -0.39 is 0 Å². The molecule has 0 radical (unpaired) electrons. The molecule has 2 aromatic carbocycles. The van der Waals surface area contributed by atoms with Crippen molar-refractivity contribution in [2.24, 2.45) is 0 Å². The lowest BCUT2D eigenvalue weighted by Gasteiger charge is -2.28. The van der Waals surface area contributed by atoms with E-state index in [0.717, 1.165) is 10.6 Å². The molecule has 3 aromatic rings. The van der Waals surface area contributed by atoms with Crippen LogP contribution in [0.4, 0.5) is 10.8 Å². The van der Waals surface area contributed by atoms with Crippen LogP contribution in [0, 0.1) is 0 Å². The first kappa shape index (κ1) is 19.1. The molecule has 0 saturated heterocycles. The summed E-state index contributed by atoms with van der Waals surface area (Å²) in [6, 6.07) is 15.3. The first-order chi connectivity index (χ1) is 14.0. The van der Waals surface area contributed by atoms with Gasteiger partial charge < -0.3 is 4.74 Å². The summed E-state index contributed by atoms with van der Waals surface area (Å²) in [5, 5.41) is 12.1. The number of para-hydroxylation sites is 2. The molecule has 8 heteroatoms. The highest BCUT2D eigenvalue weighted by molar-refractivity contribution is 7.18. The molecular formula is C21H20N4O3S. The third kappa shape index (κ3) is 4.12. The quantitative estimate of drug-likeness (QED) is 0.696. The topological polar surface area (TPSA) is 84.4 Å². The number of anilines is 2. The Kier molecular flexibility index (Phi) is 5.26. The van der Waals surface area contributed by atoms with Crippen molar-refractivity contribution in [3.63, 3.8) is 0 Å². The lowest BCUT2D eigenvalue weighted by atomic mass is 10.0. The fourth-order valence-electron chi connectivity index (χ4n) is 3.03. The maximum atomic E-state index is 12.5. The smallest absolute Gasteiger partial charge is 0.265 e. The second-order valence-corrected chi connectivity index (χ2v) is 7.95. The highest BCUT2D eigenvalue weighted by Gasteiger charge is 2.27. The maximum Gasteiger partial charge on any atom is 0.265 e. The third-order valence-corrected chi connectivity index (χ3v) is 5.49. The van der Waals surface area contributed by atoms with Gasteiger partial charge in [0.05, 0.1) is 5.69 Å². The van der Waals surface area contributed by atoms with E-state index in [-0.39, 0.29) is 25.0 Å². The van der Waals surface area contributed by atoms with Gasteiger partial charge in [0.15, 0.2) is 6.61 Å². The predicted molar refractivity (Wildman–Crippen MR) is 112 cm³/mol. The van der Waals surface area contributed by atoms with Crippen molar-refractivity contribution < 1.29 is 14.3 Å². The molecular weight excluding hydrogens is 388 g/mol. The SMILES string of the molecule is CC(C)c1ccc(-c2nnc(NC(=O)CN3C(=O)COc4ccccc43)s2)cc1. The van der Waals surface area contributed by atoms with Crippen molar-refractivity contribution in [3.05, 3.63) is 54.1 Å². The average molecular weight is 408 g/mol. The number of amides is 2. The van der Waals surface area contributed by atoms with Gasteiger partial charge in [-0.15, -0.1) is 10.2 Å². The Labute approximate surface area is 172 Å². The summed E-state index contributed by atoms with van der Waals surface area (Å²) < 4.78 is 5.40. The number of hydrogen-bond acceptors (Lipinski definition) is 6. The Hall–Kier alpha value is -3.26. The van der Waals surface area contributed by atoms with Crippen molar-refractivity contribution >= 4 is 34.0 Å². The maximum absolute atomic E-state index is 12.5. The van der Waals surface area contributed by atoms with E-state index in [1.54, 1.807) is 18.2 Å². The zero-order valence-electron chi connectivity index (χ0n) is 16.1. The fraction of sp³-hybridized carbons (Fsp3) is 0.238. The Balaban J connectivity index is 1.44. The van der Waals surface area contributed by atoms with Gasteiger partial charge in [-0.05, 0) is 23.6 Å². The van der Waals surface area contributed by atoms with Crippen LogP contribution in [0.15, 0.2) is 48.5 Å². The van der Waals surface area contributed by atoms with Gasteiger partial charge in [-0.2, -0.15) is 0 Å². The second kappa shape index (κ2) is 8.00. The van der Waals surface area contributed by atoms with Gasteiger partial charge in [0.2, 0.25) is 11.0 Å². The number of nitrogens with zero attached hydrogens (tertiary/aromatic N) is 3. The second-order valence-electron chi connectivity index (χ2n) is 6.97. The van der Waals surface area contributed by atoms with Crippen molar-refractivity contribution in [2.75, 3.05) is 23.4 Å². The van der Waals surface area contributed by atoms with E-state index in [1.807, 2.05) is 18.2 Å². The normalized spacial score (nSPS) is 13.2. The van der Waals surface area contributed by atoms with Crippen LogP contribution < -0.4 is 15.0 Å². The number of fused-ring (bicyclic) bond motifs is 1. The van der Waals surface area contributed by atoms with Crippen LogP contribution in [0.2, 0.25) is 0 Å². The van der Waals surface area contributed by atoms with Gasteiger partial charge in [-0.3, -0.25) is 19.8 Å². The van der Waals surface area contributed by atoms with Crippen molar-refractivity contribution in [2.45, 2.75) is 19.8 Å². The molecule has 0 aliphatic carbocycles. The van der Waals surface area contributed by atoms with Gasteiger partial charge in [0.1, 0.15) is 17.3 Å². The molecule has 0 bridgehead atoms. The lowest BCUT2D eigenvalue weighted by Crippen LogP contribution is -2.43. The minimum atomic E-state index is -0.340. The van der Waals surface area contributed by atoms with Crippen LogP contribution >= 0.6 is 11.3 Å². The van der Waals surface area contributed by atoms with E-state index in [4.69, 9.17) is 4.74 Å². The van der Waals surface area contributed by atoms with Gasteiger partial charge in [-0.1, -0.05) is 61.6 Å². The van der Waals surface area contributed by atoms with Crippen molar-refractivity contribution in [3.8, 4) is 16.3 Å². The van der Waals surface area contributed by atoms with E-state index in [2.05, 4.69) is 41.5 Å². The van der Waals surface area contributed by atoms with Crippen molar-refractivity contribution in [1.82, 2.24) is 10.2 Å². The standard InChI is InChI=1S/C21H20N4O3S/c1-13(2)14-7-9-15(10-8-14)20-23-24-21(29-20)22-18(26)11-25-16-5-3-4-6-17(16)28-12-19(25)27/h3-10,13H,11-12H2,1-2H3,(H,22,24,26). The molecule has 0 fully saturated rings. The highest BCUT2D eigenvalue weighted by atomic mass is 32.1. The molecule has 1 N–H and O–H groups in total. The number of ether oxygens (including phenoxy) is 1. The lowest BCUT2D eigenvalue weighted by molar-refractivity contribution is -0.123. The van der Waals surface area contributed by atoms with Crippen LogP contribution in [0.1, 0.15) is 25.3 Å². The Morgan fingerprint density at radius 2 is 1.93 bits per heavy atom. The zero-order valence-corrected chi connectivity index (χ0v) is 16.9. The van der Waals surface area contributed by atoms with Crippen LogP contribution in [0.25, 0.3) is 10.6 Å². The van der Waals surface area contributed by atoms with E-state index in [9.17, 15) is 9.59 Å². The molecule has 7 nitrogen and oxygen atoms in total. The number of carbonyl (C=O) groups excluding carboxylic acids is 2. The van der Waals surface area contributed by atoms with E-state index in [0.29, 0.717) is 22.5 Å². The summed E-state index contributed by atoms with van der Waals surface area (Å²) in [5.41, 5.74) is 2.79. The molecule has 1 aromatic heterocycles. The van der Waals surface area contributed by atoms with E-state index in [1.165, 1.54) is 21.8 Å². The molecule has 0 spiro atoms. The van der Waals surface area contributed by atoms with Crippen LogP contribution in [0.3, 0.4) is 0 Å². The zero-order chi connectivity index (χ0) is 20.4. The predicted octanol–water partition coefficient (Wildman–Crippen LogP) is 3.69. The van der Waals surface area contributed by atoms with Crippen LogP contribution in [0.5, 0.6) is 5.75 Å². The minimum Gasteiger partial charge on any atom is -0.482 e. The van der Waals surface area contributed by atoms with Gasteiger partial charge in [0.25, 0.3) is 5.91 Å². The summed E-state index contributed by atoms with van der Waals surface area (Å²) >= 11 is 1.29. The molecule has 148 valence electrons. The van der Waals surface area contributed by atoms with Gasteiger partial charge in [0, 0.05) is 5.56 Å². The van der Waals surface area contributed by atoms with Gasteiger partial charge in [-0.25, -0.2) is 0 Å². The Morgan fingerprint density at radius 3 is 2.69 bits per heavy atom. The molecule has 0 saturated carbocycles. The fourth-order valence-corrected chi connectivity index (χ4v) is 3.80. The molecule has 2 amide bonds. The Bertz CT molecular complexity index is 1050. The Morgan fingerprint density at radius 1 is 1.17 bits per heavy atom.